The molecule has 2 aromatic carbocycles. The number of hydrogen-bond donors (Lipinski definition) is 4. The van der Waals surface area contributed by atoms with Crippen molar-refractivity contribution in [2.45, 2.75) is 101 Å². The molecule has 12 nitrogen and oxygen atoms in total. The maximum absolute atomic E-state index is 11.7. The number of aldehydes is 2. The van der Waals surface area contributed by atoms with Crippen LogP contribution in [0.3, 0.4) is 0 Å². The lowest BCUT2D eigenvalue weighted by atomic mass is 9.97. The van der Waals surface area contributed by atoms with Crippen molar-refractivity contribution in [3.8, 4) is 5.75 Å². The van der Waals surface area contributed by atoms with Crippen LogP contribution in [-0.2, 0) is 20.9 Å². The minimum absolute atomic E-state index is 0.0891. The van der Waals surface area contributed by atoms with E-state index in [2.05, 4.69) is 44.4 Å². The Morgan fingerprint density at radius 3 is 2.38 bits per heavy atom. The van der Waals surface area contributed by atoms with Gasteiger partial charge in [-0.2, -0.15) is 0 Å². The lowest BCUT2D eigenvalue weighted by Gasteiger charge is -2.47. The molecule has 3 fully saturated rings. The van der Waals surface area contributed by atoms with Crippen molar-refractivity contribution in [3.63, 3.8) is 0 Å². The van der Waals surface area contributed by atoms with Crippen LogP contribution in [0, 0.1) is 0 Å². The fraction of sp³-hybridized carbons (Fsp3) is 0.590. The summed E-state index contributed by atoms with van der Waals surface area (Å²) in [6.07, 6.45) is 6.52. The Morgan fingerprint density at radius 1 is 1.06 bits per heavy atom. The van der Waals surface area contributed by atoms with E-state index in [0.717, 1.165) is 99.4 Å². The molecule has 0 aromatic heterocycles. The molecule has 2 amide bonds. The van der Waals surface area contributed by atoms with E-state index in [0.29, 0.717) is 24.6 Å². The third kappa shape index (κ3) is 13.1. The molecule has 0 saturated carbocycles. The smallest absolute Gasteiger partial charge is 0.407 e. The maximum Gasteiger partial charge on any atom is 0.407 e. The molecular formula is C39H58N6O6S. The topological polar surface area (TPSA) is 133 Å². The first-order valence-electron chi connectivity index (χ1n) is 18.5. The van der Waals surface area contributed by atoms with Crippen LogP contribution in [-0.4, -0.2) is 118 Å². The molecule has 3 saturated heterocycles. The van der Waals surface area contributed by atoms with Crippen LogP contribution >= 0.6 is 12.6 Å². The van der Waals surface area contributed by atoms with Crippen LogP contribution < -0.4 is 25.6 Å². The van der Waals surface area contributed by atoms with Gasteiger partial charge in [-0.05, 0) is 115 Å². The van der Waals surface area contributed by atoms with E-state index in [9.17, 15) is 19.2 Å². The van der Waals surface area contributed by atoms with Crippen LogP contribution in [0.1, 0.15) is 75.2 Å². The van der Waals surface area contributed by atoms with E-state index in [4.69, 9.17) is 9.47 Å². The predicted molar refractivity (Wildman–Crippen MR) is 207 cm³/mol. The molecule has 3 aliphatic rings. The second-order valence-electron chi connectivity index (χ2n) is 14.9. The third-order valence-electron chi connectivity index (χ3n) is 9.75. The number of carbonyl (C=O) groups excluding carboxylic acids is 4. The summed E-state index contributed by atoms with van der Waals surface area (Å²) in [5.41, 5.74) is 2.21. The summed E-state index contributed by atoms with van der Waals surface area (Å²) in [6, 6.07) is 14.2. The van der Waals surface area contributed by atoms with Gasteiger partial charge >= 0.3 is 6.09 Å². The van der Waals surface area contributed by atoms with Gasteiger partial charge in [-0.25, -0.2) is 4.79 Å². The highest BCUT2D eigenvalue weighted by Crippen LogP contribution is 2.29. The number of thiol groups is 1. The molecule has 3 heterocycles. The molecule has 1 unspecified atom stereocenters. The number of nitrogens with one attached hydrogen (secondary N) is 3. The van der Waals surface area contributed by atoms with Crippen LogP contribution in [0.5, 0.6) is 5.75 Å². The largest absolute Gasteiger partial charge is 0.488 e. The number of alkyl carbamates (subject to hydrolysis) is 1. The number of amides is 2. The van der Waals surface area contributed by atoms with Crippen LogP contribution in [0.25, 0.3) is 0 Å². The van der Waals surface area contributed by atoms with Gasteiger partial charge in [0.1, 0.15) is 30.0 Å². The molecular weight excluding hydrogens is 681 g/mol. The zero-order valence-electron chi connectivity index (χ0n) is 31.4. The maximum atomic E-state index is 11.7. The first-order chi connectivity index (χ1) is 24.9. The molecule has 2 aromatic rings. The van der Waals surface area contributed by atoms with Crippen molar-refractivity contribution >= 4 is 42.9 Å². The Balaban J connectivity index is 0.000000363. The van der Waals surface area contributed by atoms with Crippen LogP contribution in [0.15, 0.2) is 47.4 Å². The molecule has 286 valence electrons. The Bertz CT molecular complexity index is 1470. The second kappa shape index (κ2) is 20.0. The number of hydrogen-bond acceptors (Lipinski definition) is 11. The Labute approximate surface area is 314 Å². The van der Waals surface area contributed by atoms with Gasteiger partial charge in [0.2, 0.25) is 5.91 Å². The minimum atomic E-state index is -0.406. The monoisotopic (exact) mass is 738 g/mol. The van der Waals surface area contributed by atoms with Crippen molar-refractivity contribution < 1.29 is 28.7 Å². The average Bonchev–Trinajstić information content (AvgIpc) is 3.10. The predicted octanol–water partition coefficient (Wildman–Crippen LogP) is 4.31. The van der Waals surface area contributed by atoms with Crippen molar-refractivity contribution in [1.29, 1.82) is 0 Å². The summed E-state index contributed by atoms with van der Waals surface area (Å²) in [5.74, 6) is 0.789. The van der Waals surface area contributed by atoms with Crippen LogP contribution in [0.2, 0.25) is 0 Å². The number of benzene rings is 2. The number of rotatable bonds is 13. The van der Waals surface area contributed by atoms with Crippen molar-refractivity contribution in [3.05, 3.63) is 53.6 Å². The van der Waals surface area contributed by atoms with Gasteiger partial charge in [0.05, 0.1) is 6.04 Å². The molecule has 13 heteroatoms. The number of carbonyl (C=O) groups is 4. The first-order valence-corrected chi connectivity index (χ1v) is 18.9. The highest BCUT2D eigenvalue weighted by atomic mass is 32.1. The lowest BCUT2D eigenvalue weighted by Crippen LogP contribution is -2.59. The number of likely N-dealkylation sites (N-methyl/N-ethyl adjacent to an activating group) is 1. The zero-order chi connectivity index (χ0) is 37.7. The van der Waals surface area contributed by atoms with Gasteiger partial charge in [0, 0.05) is 74.4 Å². The third-order valence-corrected chi connectivity index (χ3v) is 10.0. The lowest BCUT2D eigenvalue weighted by molar-refractivity contribution is -0.121. The molecule has 3 aliphatic heterocycles. The van der Waals surface area contributed by atoms with E-state index < -0.39 is 11.6 Å². The highest BCUT2D eigenvalue weighted by Gasteiger charge is 2.35. The van der Waals surface area contributed by atoms with Gasteiger partial charge in [0.15, 0.2) is 0 Å². The van der Waals surface area contributed by atoms with Crippen LogP contribution in [0.4, 0.5) is 10.5 Å². The summed E-state index contributed by atoms with van der Waals surface area (Å²) < 4.78 is 11.3. The molecule has 0 spiro atoms. The SMILES string of the molecule is CC(C)(C)OC(=O)NC1CCNCC1.CNC(=O)CCC(C=O)N(C)Cc1cc(N2CCC(N3CC(Oc4cccc(S)c4)C3)CC2)ccc1C=O. The number of anilines is 1. The Hall–Kier alpha value is -3.65. The van der Waals surface area contributed by atoms with Gasteiger partial charge < -0.3 is 35.1 Å². The van der Waals surface area contributed by atoms with E-state index in [-0.39, 0.29) is 30.6 Å². The summed E-state index contributed by atoms with van der Waals surface area (Å²) in [4.78, 5) is 54.1. The number of piperidine rings is 2. The van der Waals surface area contributed by atoms with E-state index in [1.807, 2.05) is 69.1 Å². The standard InChI is InChI=1S/C29H38N4O4S.C10H20N2O2/c1-30-29(36)9-8-25(20-35)31(2)16-22-14-24(7-6-21(22)19-34)32-12-10-23(11-13-32)33-17-27(18-33)37-26-4-3-5-28(38)15-26;1-10(2,3)14-9(13)12-8-4-6-11-7-5-8/h3-7,14-15,19-20,23,25,27,38H,8-13,16-18H2,1-2H3,(H,30,36);8,11H,4-7H2,1-3H3,(H,12,13). The summed E-state index contributed by atoms with van der Waals surface area (Å²) in [6.45, 7) is 11.8. The molecule has 3 N–H and O–H groups in total. The fourth-order valence-corrected chi connectivity index (χ4v) is 6.96. The number of ether oxygens (including phenoxy) is 2. The molecule has 0 radical (unpaired) electrons. The van der Waals surface area contributed by atoms with Gasteiger partial charge in [0.25, 0.3) is 0 Å². The Morgan fingerprint density at radius 2 is 1.77 bits per heavy atom. The van der Waals surface area contributed by atoms with Gasteiger partial charge in [-0.3, -0.25) is 19.4 Å². The molecule has 1 atom stereocenters. The van der Waals surface area contributed by atoms with E-state index in [1.165, 1.54) is 0 Å². The fourth-order valence-electron chi connectivity index (χ4n) is 6.74. The summed E-state index contributed by atoms with van der Waals surface area (Å²) in [5, 5.41) is 8.71. The van der Waals surface area contributed by atoms with Gasteiger partial charge in [-0.1, -0.05) is 6.07 Å². The number of likely N-dealkylation sites (tertiary alicyclic amines) is 1. The number of nitrogens with zero attached hydrogens (tertiary/aromatic N) is 3. The molecule has 0 bridgehead atoms. The van der Waals surface area contributed by atoms with Crippen molar-refractivity contribution in [2.24, 2.45) is 0 Å². The summed E-state index contributed by atoms with van der Waals surface area (Å²) in [7, 11) is 3.45. The quantitative estimate of drug-likeness (QED) is 0.174. The zero-order valence-corrected chi connectivity index (χ0v) is 32.3. The highest BCUT2D eigenvalue weighted by molar-refractivity contribution is 7.80. The molecule has 5 rings (SSSR count). The van der Waals surface area contributed by atoms with Crippen molar-refractivity contribution in [1.82, 2.24) is 25.8 Å². The average molecular weight is 739 g/mol. The molecule has 0 aliphatic carbocycles. The van der Waals surface area contributed by atoms with Gasteiger partial charge in [-0.15, -0.1) is 12.6 Å². The van der Waals surface area contributed by atoms with E-state index in [1.54, 1.807) is 7.05 Å². The minimum Gasteiger partial charge on any atom is -0.488 e. The normalized spacial score (nSPS) is 18.0. The summed E-state index contributed by atoms with van der Waals surface area (Å²) >= 11 is 4.39. The van der Waals surface area contributed by atoms with Crippen molar-refractivity contribution in [2.75, 3.05) is 58.3 Å². The second-order valence-corrected chi connectivity index (χ2v) is 15.4. The molecule has 52 heavy (non-hydrogen) atoms. The Kier molecular flexibility index (Phi) is 15.8. The van der Waals surface area contributed by atoms with E-state index >= 15 is 0 Å². The first kappa shape index (κ1) is 41.1.